The van der Waals surface area contributed by atoms with Crippen LogP contribution in [0.3, 0.4) is 0 Å². The van der Waals surface area contributed by atoms with Crippen molar-refractivity contribution in [2.45, 2.75) is 0 Å². The molecule has 0 saturated heterocycles. The zero-order valence-corrected chi connectivity index (χ0v) is 15.8. The molecule has 0 fully saturated rings. The molecule has 27 heavy (non-hydrogen) atoms. The van der Waals surface area contributed by atoms with Gasteiger partial charge in [0.05, 0.1) is 27.5 Å². The van der Waals surface area contributed by atoms with Gasteiger partial charge in [-0.15, -0.1) is 0 Å². The standard InChI is InChI=1S/C21H22N2O4/c1-13(16-7-9-19(25-3)21(27-5)20(16)26-4)14-6-8-18-17(10-14)15(11-22-24)12-23(18)2/h6-12,24H,1H2,2-5H3/b22-11-. The molecule has 0 aliphatic heterocycles. The van der Waals surface area contributed by atoms with Crippen LogP contribution in [0.1, 0.15) is 16.7 Å². The molecule has 2 aromatic carbocycles. The third-order valence-electron chi connectivity index (χ3n) is 4.59. The lowest BCUT2D eigenvalue weighted by Crippen LogP contribution is -1.99. The third-order valence-corrected chi connectivity index (χ3v) is 4.59. The molecule has 0 aliphatic carbocycles. The fourth-order valence-corrected chi connectivity index (χ4v) is 3.27. The Balaban J connectivity index is 2.15. The summed E-state index contributed by atoms with van der Waals surface area (Å²) in [5.74, 6) is 1.67. The molecule has 0 spiro atoms. The van der Waals surface area contributed by atoms with E-state index >= 15 is 0 Å². The second-order valence-electron chi connectivity index (χ2n) is 6.03. The Morgan fingerprint density at radius 2 is 1.81 bits per heavy atom. The number of oxime groups is 1. The molecule has 1 heterocycles. The average Bonchev–Trinajstić information content (AvgIpc) is 3.01. The summed E-state index contributed by atoms with van der Waals surface area (Å²) in [6.45, 7) is 4.26. The van der Waals surface area contributed by atoms with E-state index in [9.17, 15) is 0 Å². The van der Waals surface area contributed by atoms with Crippen molar-refractivity contribution in [3.63, 3.8) is 0 Å². The molecular formula is C21H22N2O4. The lowest BCUT2D eigenvalue weighted by atomic mass is 9.96. The first-order valence-electron chi connectivity index (χ1n) is 8.30. The van der Waals surface area contributed by atoms with Gasteiger partial charge in [0.2, 0.25) is 5.75 Å². The predicted octanol–water partition coefficient (Wildman–Crippen LogP) is 4.07. The van der Waals surface area contributed by atoms with Crippen LogP contribution < -0.4 is 14.2 Å². The molecule has 0 atom stereocenters. The number of hydrogen-bond acceptors (Lipinski definition) is 5. The zero-order chi connectivity index (χ0) is 19.6. The van der Waals surface area contributed by atoms with Crippen molar-refractivity contribution in [1.82, 2.24) is 4.57 Å². The van der Waals surface area contributed by atoms with Gasteiger partial charge in [-0.05, 0) is 35.4 Å². The Labute approximate surface area is 157 Å². The largest absolute Gasteiger partial charge is 0.493 e. The molecule has 3 aromatic rings. The van der Waals surface area contributed by atoms with Gasteiger partial charge in [-0.2, -0.15) is 0 Å². The van der Waals surface area contributed by atoms with Gasteiger partial charge in [-0.25, -0.2) is 0 Å². The summed E-state index contributed by atoms with van der Waals surface area (Å²) in [5, 5.41) is 13.0. The quantitative estimate of drug-likeness (QED) is 0.406. The fourth-order valence-electron chi connectivity index (χ4n) is 3.27. The summed E-state index contributed by atoms with van der Waals surface area (Å²) in [6, 6.07) is 9.75. The summed E-state index contributed by atoms with van der Waals surface area (Å²) in [7, 11) is 6.69. The summed E-state index contributed by atoms with van der Waals surface area (Å²) in [6.07, 6.45) is 3.33. The highest BCUT2D eigenvalue weighted by Crippen LogP contribution is 2.43. The number of aromatic nitrogens is 1. The molecule has 6 heteroatoms. The van der Waals surface area contributed by atoms with E-state index < -0.39 is 0 Å². The zero-order valence-electron chi connectivity index (χ0n) is 15.8. The van der Waals surface area contributed by atoms with E-state index in [1.54, 1.807) is 21.3 Å². The molecule has 3 rings (SSSR count). The van der Waals surface area contributed by atoms with Gasteiger partial charge < -0.3 is 24.0 Å². The van der Waals surface area contributed by atoms with Crippen LogP contribution in [0.25, 0.3) is 16.5 Å². The van der Waals surface area contributed by atoms with Crippen LogP contribution in [0, 0.1) is 0 Å². The number of ether oxygens (including phenoxy) is 3. The maximum atomic E-state index is 8.92. The van der Waals surface area contributed by atoms with Gasteiger partial charge in [-0.3, -0.25) is 0 Å². The normalized spacial score (nSPS) is 11.1. The highest BCUT2D eigenvalue weighted by Gasteiger charge is 2.19. The minimum absolute atomic E-state index is 0.521. The first-order chi connectivity index (χ1) is 13.0. The van der Waals surface area contributed by atoms with Crippen molar-refractivity contribution in [2.24, 2.45) is 12.2 Å². The number of rotatable bonds is 6. The fraction of sp³-hybridized carbons (Fsp3) is 0.190. The first-order valence-corrected chi connectivity index (χ1v) is 8.30. The van der Waals surface area contributed by atoms with Crippen LogP contribution in [-0.2, 0) is 7.05 Å². The van der Waals surface area contributed by atoms with Crippen LogP contribution in [0.5, 0.6) is 17.2 Å². The predicted molar refractivity (Wildman–Crippen MR) is 107 cm³/mol. The number of methoxy groups -OCH3 is 3. The van der Waals surface area contributed by atoms with Gasteiger partial charge in [-0.1, -0.05) is 17.8 Å². The lowest BCUT2D eigenvalue weighted by Gasteiger charge is -2.17. The summed E-state index contributed by atoms with van der Waals surface area (Å²) in [5.41, 5.74) is 4.37. The first kappa shape index (κ1) is 18.4. The van der Waals surface area contributed by atoms with Crippen LogP contribution in [-0.4, -0.2) is 37.3 Å². The SMILES string of the molecule is C=C(c1ccc2c(c1)c(/C=N\O)cn2C)c1ccc(OC)c(OC)c1OC. The Morgan fingerprint density at radius 3 is 2.44 bits per heavy atom. The van der Waals surface area contributed by atoms with Crippen molar-refractivity contribution < 1.29 is 19.4 Å². The third kappa shape index (κ3) is 3.10. The van der Waals surface area contributed by atoms with Crippen molar-refractivity contribution in [1.29, 1.82) is 0 Å². The Morgan fingerprint density at radius 1 is 1.07 bits per heavy atom. The Kier molecular flexibility index (Phi) is 5.07. The molecule has 6 nitrogen and oxygen atoms in total. The van der Waals surface area contributed by atoms with E-state index in [-0.39, 0.29) is 0 Å². The van der Waals surface area contributed by atoms with E-state index in [2.05, 4.69) is 11.7 Å². The van der Waals surface area contributed by atoms with Gasteiger partial charge in [0.25, 0.3) is 0 Å². The van der Waals surface area contributed by atoms with Crippen molar-refractivity contribution >= 4 is 22.7 Å². The van der Waals surface area contributed by atoms with Crippen molar-refractivity contribution in [3.05, 3.63) is 59.8 Å². The van der Waals surface area contributed by atoms with E-state index in [0.29, 0.717) is 17.2 Å². The molecule has 0 amide bonds. The van der Waals surface area contributed by atoms with E-state index in [1.807, 2.05) is 48.1 Å². The van der Waals surface area contributed by atoms with E-state index in [0.717, 1.165) is 33.2 Å². The minimum atomic E-state index is 0.521. The van der Waals surface area contributed by atoms with Gasteiger partial charge in [0.15, 0.2) is 11.5 Å². The Bertz CT molecular complexity index is 1030. The topological polar surface area (TPSA) is 65.2 Å². The van der Waals surface area contributed by atoms with Crippen LogP contribution in [0.15, 0.2) is 48.3 Å². The van der Waals surface area contributed by atoms with Crippen LogP contribution in [0.2, 0.25) is 0 Å². The van der Waals surface area contributed by atoms with Crippen LogP contribution in [0.4, 0.5) is 0 Å². The maximum absolute atomic E-state index is 8.92. The maximum Gasteiger partial charge on any atom is 0.203 e. The molecule has 0 aliphatic rings. The molecule has 0 radical (unpaired) electrons. The molecule has 0 bridgehead atoms. The van der Waals surface area contributed by atoms with E-state index in [1.165, 1.54) is 6.21 Å². The smallest absolute Gasteiger partial charge is 0.203 e. The molecule has 140 valence electrons. The highest BCUT2D eigenvalue weighted by atomic mass is 16.5. The average molecular weight is 366 g/mol. The lowest BCUT2D eigenvalue weighted by molar-refractivity contribution is 0.322. The number of aryl methyl sites for hydroxylation is 1. The Hall–Kier alpha value is -3.41. The summed E-state index contributed by atoms with van der Waals surface area (Å²) < 4.78 is 18.4. The molecular weight excluding hydrogens is 344 g/mol. The molecule has 1 aromatic heterocycles. The van der Waals surface area contributed by atoms with Gasteiger partial charge >= 0.3 is 0 Å². The number of hydrogen-bond donors (Lipinski definition) is 1. The van der Waals surface area contributed by atoms with Crippen molar-refractivity contribution in [3.8, 4) is 17.2 Å². The van der Waals surface area contributed by atoms with Gasteiger partial charge in [0, 0.05) is 35.3 Å². The number of benzene rings is 2. The molecule has 0 unspecified atom stereocenters. The van der Waals surface area contributed by atoms with Gasteiger partial charge in [0.1, 0.15) is 0 Å². The summed E-state index contributed by atoms with van der Waals surface area (Å²) >= 11 is 0. The van der Waals surface area contributed by atoms with Crippen LogP contribution >= 0.6 is 0 Å². The number of nitrogens with zero attached hydrogens (tertiary/aromatic N) is 2. The summed E-state index contributed by atoms with van der Waals surface area (Å²) in [4.78, 5) is 0. The number of fused-ring (bicyclic) bond motifs is 1. The minimum Gasteiger partial charge on any atom is -0.493 e. The molecule has 1 N–H and O–H groups in total. The van der Waals surface area contributed by atoms with E-state index in [4.69, 9.17) is 19.4 Å². The molecule has 0 saturated carbocycles. The highest BCUT2D eigenvalue weighted by molar-refractivity contribution is 6.01. The van der Waals surface area contributed by atoms with Crippen molar-refractivity contribution in [2.75, 3.05) is 21.3 Å². The monoisotopic (exact) mass is 366 g/mol. The second kappa shape index (κ2) is 7.45. The second-order valence-corrected chi connectivity index (χ2v) is 6.03.